The summed E-state index contributed by atoms with van der Waals surface area (Å²) in [7, 11) is 0. The fraction of sp³-hybridized carbons (Fsp3) is 0.387. The Morgan fingerprint density at radius 3 is 0.894 bits per heavy atom. The molecule has 66 heavy (non-hydrogen) atoms. The highest BCUT2D eigenvalue weighted by molar-refractivity contribution is 6.06. The van der Waals surface area contributed by atoms with Crippen LogP contribution in [0.25, 0.3) is 74.3 Å². The predicted molar refractivity (Wildman–Crippen MR) is 287 cm³/mol. The highest BCUT2D eigenvalue weighted by atomic mass is 15.0. The van der Waals surface area contributed by atoms with E-state index in [0.717, 1.165) is 50.5 Å². The van der Waals surface area contributed by atoms with Gasteiger partial charge in [-0.1, -0.05) is 167 Å². The summed E-state index contributed by atoms with van der Waals surface area (Å²) in [6, 6.07) is 35.2. The van der Waals surface area contributed by atoms with Gasteiger partial charge in [-0.2, -0.15) is 0 Å². The molecule has 0 saturated heterocycles. The van der Waals surface area contributed by atoms with Gasteiger partial charge in [0, 0.05) is 27.8 Å². The van der Waals surface area contributed by atoms with Crippen LogP contribution in [-0.4, -0.2) is 19.5 Å². The third kappa shape index (κ3) is 9.57. The summed E-state index contributed by atoms with van der Waals surface area (Å²) < 4.78 is 2.55. The van der Waals surface area contributed by atoms with Crippen molar-refractivity contribution in [2.24, 2.45) is 0 Å². The molecular formula is C62H74N4. The lowest BCUT2D eigenvalue weighted by molar-refractivity contribution is 0.568. The van der Waals surface area contributed by atoms with Gasteiger partial charge in [0.15, 0.2) is 0 Å². The molecule has 8 bridgehead atoms. The summed E-state index contributed by atoms with van der Waals surface area (Å²) in [6.45, 7) is 42.1. The lowest BCUT2D eigenvalue weighted by Gasteiger charge is -2.27. The van der Waals surface area contributed by atoms with E-state index in [1.807, 2.05) is 0 Å². The Hall–Kier alpha value is -5.74. The maximum Gasteiger partial charge on any atom is 0.0658 e. The molecule has 0 spiro atoms. The van der Waals surface area contributed by atoms with Crippen LogP contribution >= 0.6 is 0 Å². The van der Waals surface area contributed by atoms with E-state index in [-0.39, 0.29) is 32.5 Å². The zero-order chi connectivity index (χ0) is 48.1. The van der Waals surface area contributed by atoms with E-state index >= 15 is 0 Å². The van der Waals surface area contributed by atoms with Crippen molar-refractivity contribution in [1.29, 1.82) is 0 Å². The first-order valence-corrected chi connectivity index (χ1v) is 24.1. The average Bonchev–Trinajstić information content (AvgIpc) is 4.00. The maximum atomic E-state index is 5.33. The zero-order valence-electron chi connectivity index (χ0n) is 43.3. The Morgan fingerprint density at radius 1 is 0.333 bits per heavy atom. The highest BCUT2D eigenvalue weighted by Gasteiger charge is 2.30. The molecule has 0 fully saturated rings. The average molecular weight is 875 g/mol. The van der Waals surface area contributed by atoms with E-state index in [0.29, 0.717) is 0 Å². The van der Waals surface area contributed by atoms with Gasteiger partial charge in [0.05, 0.1) is 33.8 Å². The molecule has 0 unspecified atom stereocenters. The first-order valence-electron chi connectivity index (χ1n) is 24.1. The zero-order valence-corrected chi connectivity index (χ0v) is 43.3. The summed E-state index contributed by atoms with van der Waals surface area (Å²) in [5.74, 6) is 0. The minimum atomic E-state index is -0.103. The van der Waals surface area contributed by atoms with Crippen molar-refractivity contribution in [1.82, 2.24) is 19.5 Å². The Bertz CT molecular complexity index is 2850. The second kappa shape index (κ2) is 16.0. The standard InChI is InChI=1S/C62H74N4/c1-57(2,3)40-25-38(26-41(29-40)58(4,5)6)55-53-36-50-23-21-48(64-50)34-46-19-20-47(63-46)35-49-22-24-51(65-49)37-54(56(55)39-27-42(59(7,8)9)30-43(28-39)60(10,11)12)66(53)52-32-44(61(13,14)15)31-45(33-52)62(16,17)18/h19-37,63H,1-18H3. The number of nitrogens with one attached hydrogen (secondary N) is 1. The number of hydrogen-bond donors (Lipinski definition) is 1. The summed E-state index contributed by atoms with van der Waals surface area (Å²) in [5.41, 5.74) is 20.9. The minimum Gasteiger partial charge on any atom is -0.355 e. The Balaban J connectivity index is 1.73. The number of hydrogen-bond acceptors (Lipinski definition) is 2. The summed E-state index contributed by atoms with van der Waals surface area (Å²) in [6.07, 6.45) is 8.62. The van der Waals surface area contributed by atoms with E-state index in [2.05, 4.69) is 249 Å². The van der Waals surface area contributed by atoms with Crippen LogP contribution in [0.2, 0.25) is 0 Å². The second-order valence-corrected chi connectivity index (χ2v) is 25.3. The van der Waals surface area contributed by atoms with Crippen molar-refractivity contribution in [2.75, 3.05) is 0 Å². The summed E-state index contributed by atoms with van der Waals surface area (Å²) in [5, 5.41) is 0. The molecule has 4 nitrogen and oxygen atoms in total. The van der Waals surface area contributed by atoms with Crippen LogP contribution < -0.4 is 0 Å². The molecule has 3 aromatic heterocycles. The van der Waals surface area contributed by atoms with Crippen LogP contribution in [0.3, 0.4) is 0 Å². The van der Waals surface area contributed by atoms with Gasteiger partial charge in [-0.25, -0.2) is 9.97 Å². The van der Waals surface area contributed by atoms with Crippen LogP contribution in [0.5, 0.6) is 0 Å². The quantitative estimate of drug-likeness (QED) is 0.192. The van der Waals surface area contributed by atoms with Gasteiger partial charge in [-0.05, 0) is 150 Å². The molecule has 0 atom stereocenters. The van der Waals surface area contributed by atoms with Gasteiger partial charge in [0.25, 0.3) is 0 Å². The summed E-state index contributed by atoms with van der Waals surface area (Å²) in [4.78, 5) is 14.2. The van der Waals surface area contributed by atoms with Crippen molar-refractivity contribution >= 4 is 46.4 Å². The van der Waals surface area contributed by atoms with Crippen molar-refractivity contribution in [2.45, 2.75) is 157 Å². The molecule has 3 aromatic carbocycles. The highest BCUT2D eigenvalue weighted by Crippen LogP contribution is 2.48. The number of nitrogens with zero attached hydrogens (tertiary/aromatic N) is 3. The Labute approximate surface area is 396 Å². The third-order valence-electron chi connectivity index (χ3n) is 13.3. The Kier molecular flexibility index (Phi) is 11.3. The van der Waals surface area contributed by atoms with Crippen LogP contribution in [0.4, 0.5) is 0 Å². The molecule has 0 amide bonds. The Morgan fingerprint density at radius 2 is 0.606 bits per heavy atom. The fourth-order valence-electron chi connectivity index (χ4n) is 8.93. The van der Waals surface area contributed by atoms with Crippen molar-refractivity contribution in [3.8, 4) is 27.9 Å². The third-order valence-corrected chi connectivity index (χ3v) is 13.3. The minimum absolute atomic E-state index is 0.0975. The van der Waals surface area contributed by atoms with Crippen molar-refractivity contribution in [3.05, 3.63) is 147 Å². The van der Waals surface area contributed by atoms with Crippen molar-refractivity contribution in [3.63, 3.8) is 0 Å². The molecule has 342 valence electrons. The fourth-order valence-corrected chi connectivity index (χ4v) is 8.93. The van der Waals surface area contributed by atoms with E-state index in [1.165, 1.54) is 55.6 Å². The number of H-pyrrole nitrogens is 1. The normalized spacial score (nSPS) is 13.8. The van der Waals surface area contributed by atoms with E-state index in [4.69, 9.17) is 9.97 Å². The number of fused-ring (bicyclic) bond motifs is 8. The van der Waals surface area contributed by atoms with E-state index < -0.39 is 0 Å². The second-order valence-electron chi connectivity index (χ2n) is 25.3. The number of aromatic amines is 1. The lowest BCUT2D eigenvalue weighted by atomic mass is 9.77. The first kappa shape index (κ1) is 46.8. The van der Waals surface area contributed by atoms with E-state index in [9.17, 15) is 0 Å². The van der Waals surface area contributed by atoms with Crippen molar-refractivity contribution < 1.29 is 0 Å². The van der Waals surface area contributed by atoms with Gasteiger partial charge in [0.2, 0.25) is 0 Å². The molecule has 0 saturated carbocycles. The molecule has 2 aliphatic heterocycles. The molecule has 0 aliphatic carbocycles. The molecule has 5 heterocycles. The monoisotopic (exact) mass is 875 g/mol. The van der Waals surface area contributed by atoms with Crippen LogP contribution in [0.1, 0.15) is 181 Å². The molecule has 0 radical (unpaired) electrons. The molecule has 4 heteroatoms. The van der Waals surface area contributed by atoms with Crippen LogP contribution in [0.15, 0.2) is 91.0 Å². The number of benzene rings is 3. The smallest absolute Gasteiger partial charge is 0.0658 e. The number of rotatable bonds is 3. The maximum absolute atomic E-state index is 5.33. The molecular weight excluding hydrogens is 801 g/mol. The topological polar surface area (TPSA) is 46.5 Å². The van der Waals surface area contributed by atoms with E-state index in [1.54, 1.807) is 0 Å². The van der Waals surface area contributed by atoms with Crippen LogP contribution in [-0.2, 0) is 32.5 Å². The van der Waals surface area contributed by atoms with Gasteiger partial charge in [0.1, 0.15) is 0 Å². The van der Waals surface area contributed by atoms with Gasteiger partial charge >= 0.3 is 0 Å². The largest absolute Gasteiger partial charge is 0.355 e. The lowest BCUT2D eigenvalue weighted by Crippen LogP contribution is -2.17. The molecule has 8 rings (SSSR count). The first-order chi connectivity index (χ1) is 30.4. The molecule has 2 aliphatic rings. The molecule has 6 aromatic rings. The van der Waals surface area contributed by atoms with Crippen LogP contribution in [0, 0.1) is 0 Å². The summed E-state index contributed by atoms with van der Waals surface area (Å²) >= 11 is 0. The van der Waals surface area contributed by atoms with Gasteiger partial charge in [-0.3, -0.25) is 0 Å². The number of aromatic nitrogens is 4. The predicted octanol–water partition coefficient (Wildman–Crippen LogP) is 17.2. The molecule has 1 N–H and O–H groups in total. The van der Waals surface area contributed by atoms with Gasteiger partial charge in [-0.15, -0.1) is 0 Å². The van der Waals surface area contributed by atoms with Gasteiger partial charge < -0.3 is 9.55 Å². The SMILES string of the molecule is CC(C)(C)c1cc(-c2c(-c3cc(C(C)(C)C)cc(C(C)(C)C)c3)c3cc4nc(cc5ccc(cc6nc(cc2n3-c2cc(C(C)(C)C)cc(C(C)(C)C)c2)C=C6)[nH]5)C=C4)cc(C(C)(C)C)c1.